The minimum atomic E-state index is -0.359. The van der Waals surface area contributed by atoms with E-state index in [0.717, 1.165) is 32.1 Å². The van der Waals surface area contributed by atoms with Crippen molar-refractivity contribution in [3.8, 4) is 0 Å². The molecular formula is C18H28O5. The summed E-state index contributed by atoms with van der Waals surface area (Å²) < 4.78 is 17.4. The van der Waals surface area contributed by atoms with Crippen LogP contribution in [0.2, 0.25) is 0 Å². The molecule has 4 bridgehead atoms. The van der Waals surface area contributed by atoms with Gasteiger partial charge in [0, 0.05) is 12.0 Å². The number of carbonyl (C=O) groups is 1. The molecule has 0 aromatic carbocycles. The van der Waals surface area contributed by atoms with Gasteiger partial charge in [0.05, 0.1) is 31.0 Å². The molecular weight excluding hydrogens is 296 g/mol. The topological polar surface area (TPSA) is 65.0 Å². The van der Waals surface area contributed by atoms with Gasteiger partial charge in [-0.15, -0.1) is 0 Å². The van der Waals surface area contributed by atoms with E-state index in [1.54, 1.807) is 6.92 Å². The zero-order valence-corrected chi connectivity index (χ0v) is 14.0. The number of carbonyl (C=O) groups excluding carboxylic acids is 1. The molecule has 23 heavy (non-hydrogen) atoms. The molecule has 0 amide bonds. The molecule has 130 valence electrons. The Morgan fingerprint density at radius 1 is 1.09 bits per heavy atom. The fraction of sp³-hybridized carbons (Fsp3) is 0.833. The number of aliphatic hydroxyl groups excluding tert-OH is 1. The van der Waals surface area contributed by atoms with Gasteiger partial charge in [-0.2, -0.15) is 0 Å². The van der Waals surface area contributed by atoms with Gasteiger partial charge in [-0.05, 0) is 50.9 Å². The van der Waals surface area contributed by atoms with Gasteiger partial charge in [0.2, 0.25) is 0 Å². The van der Waals surface area contributed by atoms with Crippen molar-refractivity contribution in [3.63, 3.8) is 0 Å². The summed E-state index contributed by atoms with van der Waals surface area (Å²) in [6, 6.07) is 0. The Morgan fingerprint density at radius 2 is 1.65 bits per heavy atom. The van der Waals surface area contributed by atoms with Crippen molar-refractivity contribution in [3.05, 3.63) is 12.2 Å². The van der Waals surface area contributed by atoms with E-state index in [4.69, 9.17) is 19.3 Å². The largest absolute Gasteiger partial charge is 0.460 e. The van der Waals surface area contributed by atoms with Gasteiger partial charge in [-0.25, -0.2) is 4.79 Å². The molecule has 0 heterocycles. The lowest BCUT2D eigenvalue weighted by atomic mass is 9.52. The van der Waals surface area contributed by atoms with Gasteiger partial charge >= 0.3 is 5.97 Å². The molecule has 5 nitrogen and oxygen atoms in total. The summed E-state index contributed by atoms with van der Waals surface area (Å²) in [4.78, 5) is 11.4. The molecule has 4 rings (SSSR count). The molecule has 0 aromatic heterocycles. The molecule has 2 atom stereocenters. The van der Waals surface area contributed by atoms with Crippen LogP contribution >= 0.6 is 0 Å². The van der Waals surface area contributed by atoms with E-state index in [1.807, 2.05) is 0 Å². The van der Waals surface area contributed by atoms with Crippen LogP contribution in [0.15, 0.2) is 12.2 Å². The Hall–Kier alpha value is -0.910. The van der Waals surface area contributed by atoms with Crippen molar-refractivity contribution in [1.29, 1.82) is 0 Å². The summed E-state index contributed by atoms with van der Waals surface area (Å²) in [6.45, 7) is 6.39. The summed E-state index contributed by atoms with van der Waals surface area (Å²) in [7, 11) is 0. The molecule has 0 radical (unpaired) electrons. The Morgan fingerprint density at radius 3 is 2.17 bits per heavy atom. The highest BCUT2D eigenvalue weighted by molar-refractivity contribution is 5.86. The summed E-state index contributed by atoms with van der Waals surface area (Å²) in [5, 5.41) is 9.09. The first kappa shape index (κ1) is 16.9. The van der Waals surface area contributed by atoms with Gasteiger partial charge in [-0.3, -0.25) is 0 Å². The number of hydrogen-bond donors (Lipinski definition) is 1. The minimum absolute atomic E-state index is 0.0712. The fourth-order valence-electron chi connectivity index (χ4n) is 5.21. The third-order valence-corrected chi connectivity index (χ3v) is 5.53. The second-order valence-corrected chi connectivity index (χ2v) is 7.66. The third-order valence-electron chi connectivity index (χ3n) is 5.53. The highest BCUT2D eigenvalue weighted by atomic mass is 16.6. The third kappa shape index (κ3) is 3.62. The number of hydrogen-bond acceptors (Lipinski definition) is 5. The standard InChI is InChI=1S/C18H28O5/c1-13(2)16(20)21-5-6-23-18-10-14-7-15(11-18)9-17(8-14,12-18)22-4-3-19/h14-15,19H,1,3-12H2,2H3. The molecule has 4 aliphatic carbocycles. The fourth-order valence-corrected chi connectivity index (χ4v) is 5.21. The van der Waals surface area contributed by atoms with Crippen molar-refractivity contribution in [1.82, 2.24) is 0 Å². The van der Waals surface area contributed by atoms with Crippen molar-refractivity contribution in [2.45, 2.75) is 56.7 Å². The normalized spacial score (nSPS) is 37.8. The molecule has 4 fully saturated rings. The van der Waals surface area contributed by atoms with Crippen LogP contribution in [0.25, 0.3) is 0 Å². The van der Waals surface area contributed by atoms with Gasteiger partial charge in [-0.1, -0.05) is 6.58 Å². The quantitative estimate of drug-likeness (QED) is 0.421. The average molecular weight is 324 g/mol. The molecule has 4 aliphatic rings. The monoisotopic (exact) mass is 324 g/mol. The van der Waals surface area contributed by atoms with E-state index in [1.165, 1.54) is 6.42 Å². The van der Waals surface area contributed by atoms with Crippen LogP contribution in [0.4, 0.5) is 0 Å². The highest BCUT2D eigenvalue weighted by Crippen LogP contribution is 2.60. The van der Waals surface area contributed by atoms with Crippen LogP contribution < -0.4 is 0 Å². The van der Waals surface area contributed by atoms with Crippen molar-refractivity contribution in [2.75, 3.05) is 26.4 Å². The van der Waals surface area contributed by atoms with Gasteiger partial charge in [0.25, 0.3) is 0 Å². The summed E-state index contributed by atoms with van der Waals surface area (Å²) in [6.07, 6.45) is 6.55. The lowest BCUT2D eigenvalue weighted by molar-refractivity contribution is -0.240. The predicted molar refractivity (Wildman–Crippen MR) is 84.9 cm³/mol. The molecule has 1 N–H and O–H groups in total. The van der Waals surface area contributed by atoms with Crippen LogP contribution in [-0.2, 0) is 19.0 Å². The Kier molecular flexibility index (Phi) is 4.81. The van der Waals surface area contributed by atoms with E-state index in [9.17, 15) is 4.79 Å². The van der Waals surface area contributed by atoms with Crippen LogP contribution in [0, 0.1) is 11.8 Å². The van der Waals surface area contributed by atoms with Crippen molar-refractivity contribution < 1.29 is 24.1 Å². The Labute approximate surface area is 138 Å². The lowest BCUT2D eigenvalue weighted by Gasteiger charge is -2.61. The number of aliphatic hydroxyl groups is 1. The maximum absolute atomic E-state index is 11.4. The SMILES string of the molecule is C=C(C)C(=O)OCCOC12CC3CC(CC(OCCO)(C3)C1)C2. The zero-order valence-electron chi connectivity index (χ0n) is 14.0. The second kappa shape index (κ2) is 6.54. The Bertz CT molecular complexity index is 458. The first-order valence-corrected chi connectivity index (χ1v) is 8.67. The Balaban J connectivity index is 1.56. The maximum atomic E-state index is 11.4. The number of ether oxygens (including phenoxy) is 3. The van der Waals surface area contributed by atoms with Gasteiger partial charge in [0.1, 0.15) is 6.61 Å². The van der Waals surface area contributed by atoms with Crippen molar-refractivity contribution >= 4 is 5.97 Å². The van der Waals surface area contributed by atoms with Crippen LogP contribution in [-0.4, -0.2) is 48.7 Å². The molecule has 0 aliphatic heterocycles. The van der Waals surface area contributed by atoms with Crippen LogP contribution in [0.1, 0.15) is 45.4 Å². The minimum Gasteiger partial charge on any atom is -0.460 e. The van der Waals surface area contributed by atoms with E-state index in [-0.39, 0.29) is 30.4 Å². The van der Waals surface area contributed by atoms with Gasteiger partial charge in [0.15, 0.2) is 0 Å². The molecule has 2 unspecified atom stereocenters. The van der Waals surface area contributed by atoms with Crippen molar-refractivity contribution in [2.24, 2.45) is 11.8 Å². The summed E-state index contributed by atoms with van der Waals surface area (Å²) >= 11 is 0. The van der Waals surface area contributed by atoms with Gasteiger partial charge < -0.3 is 19.3 Å². The number of esters is 1. The predicted octanol–water partition coefficient (Wildman–Crippen LogP) is 2.22. The maximum Gasteiger partial charge on any atom is 0.333 e. The molecule has 0 aromatic rings. The van der Waals surface area contributed by atoms with E-state index in [2.05, 4.69) is 6.58 Å². The zero-order chi connectivity index (χ0) is 16.5. The molecule has 5 heteroatoms. The molecule has 4 saturated carbocycles. The smallest absolute Gasteiger partial charge is 0.333 e. The summed E-state index contributed by atoms with van der Waals surface area (Å²) in [5.74, 6) is 0.961. The van der Waals surface area contributed by atoms with Crippen LogP contribution in [0.3, 0.4) is 0 Å². The average Bonchev–Trinajstić information content (AvgIpc) is 2.48. The second-order valence-electron chi connectivity index (χ2n) is 7.66. The highest BCUT2D eigenvalue weighted by Gasteiger charge is 2.59. The van der Waals surface area contributed by atoms with E-state index >= 15 is 0 Å². The first-order chi connectivity index (χ1) is 11.0. The molecule has 0 spiro atoms. The summed E-state index contributed by atoms with van der Waals surface area (Å²) in [5.41, 5.74) is 0.173. The first-order valence-electron chi connectivity index (χ1n) is 8.67. The number of rotatable bonds is 8. The molecule has 0 saturated heterocycles. The van der Waals surface area contributed by atoms with Crippen LogP contribution in [0.5, 0.6) is 0 Å². The lowest BCUT2D eigenvalue weighted by Crippen LogP contribution is -2.61. The van der Waals surface area contributed by atoms with E-state index in [0.29, 0.717) is 30.6 Å². The van der Waals surface area contributed by atoms with E-state index < -0.39 is 0 Å².